The summed E-state index contributed by atoms with van der Waals surface area (Å²) in [5.41, 5.74) is 3.81. The molecule has 34 heavy (non-hydrogen) atoms. The summed E-state index contributed by atoms with van der Waals surface area (Å²) in [7, 11) is 3.70. The molecule has 180 valence electrons. The quantitative estimate of drug-likeness (QED) is 0.538. The first-order chi connectivity index (χ1) is 16.1. The number of fused-ring (bicyclic) bond motifs is 3. The number of benzene rings is 1. The third kappa shape index (κ3) is 3.42. The van der Waals surface area contributed by atoms with Gasteiger partial charge in [0.2, 0.25) is 0 Å². The maximum absolute atomic E-state index is 11.7. The van der Waals surface area contributed by atoms with Gasteiger partial charge < -0.3 is 25.3 Å². The van der Waals surface area contributed by atoms with Crippen molar-refractivity contribution in [3.63, 3.8) is 0 Å². The predicted octanol–water partition coefficient (Wildman–Crippen LogP) is 2.54. The molecule has 5 rings (SSSR count). The Hall–Kier alpha value is -2.27. The predicted molar refractivity (Wildman–Crippen MR) is 129 cm³/mol. The zero-order valence-electron chi connectivity index (χ0n) is 20.1. The Bertz CT molecular complexity index is 1130. The molecule has 0 bridgehead atoms. The normalized spacial score (nSPS) is 39.4. The lowest BCUT2D eigenvalue weighted by atomic mass is 9.61. The van der Waals surface area contributed by atoms with Gasteiger partial charge in [-0.25, -0.2) is 0 Å². The summed E-state index contributed by atoms with van der Waals surface area (Å²) in [6, 6.07) is 9.46. The molecule has 0 aromatic heterocycles. The van der Waals surface area contributed by atoms with Crippen LogP contribution in [0.15, 0.2) is 53.1 Å². The number of aliphatic hydroxyl groups excluding tert-OH is 3. The van der Waals surface area contributed by atoms with Crippen LogP contribution in [0.4, 0.5) is 0 Å². The van der Waals surface area contributed by atoms with Crippen molar-refractivity contribution < 1.29 is 20.4 Å². The second kappa shape index (κ2) is 8.15. The number of hydrogen-bond acceptors (Lipinski definition) is 6. The highest BCUT2D eigenvalue weighted by Crippen LogP contribution is 2.60. The molecule has 0 spiro atoms. The SMILES string of the molecule is CN(C)[C@H]1C[C@]2(O)CCC3=C(C=C2[C@@H](O)[C@@H]1O)C(O)C[C@]1(C)C(c2ccc(C#N)cc2)=CCC31. The average molecular weight is 463 g/mol. The summed E-state index contributed by atoms with van der Waals surface area (Å²) in [5.74, 6) is 0.198. The molecule has 0 aliphatic heterocycles. The molecule has 0 saturated heterocycles. The zero-order valence-corrected chi connectivity index (χ0v) is 20.1. The van der Waals surface area contributed by atoms with Crippen molar-refractivity contribution in [2.24, 2.45) is 11.3 Å². The third-order valence-corrected chi connectivity index (χ3v) is 8.94. The highest BCUT2D eigenvalue weighted by molar-refractivity contribution is 5.74. The fourth-order valence-corrected chi connectivity index (χ4v) is 7.02. The highest BCUT2D eigenvalue weighted by atomic mass is 16.3. The molecule has 6 heteroatoms. The van der Waals surface area contributed by atoms with Crippen molar-refractivity contribution in [1.82, 2.24) is 4.90 Å². The van der Waals surface area contributed by atoms with Crippen molar-refractivity contribution >= 4 is 5.57 Å². The number of likely N-dealkylation sites (N-methyl/N-ethyl adjacent to an activating group) is 1. The molecule has 0 heterocycles. The van der Waals surface area contributed by atoms with E-state index in [-0.39, 0.29) is 17.4 Å². The first kappa shape index (κ1) is 23.5. The van der Waals surface area contributed by atoms with Gasteiger partial charge in [-0.2, -0.15) is 5.26 Å². The highest BCUT2D eigenvalue weighted by Gasteiger charge is 2.53. The number of nitriles is 1. The molecule has 1 saturated carbocycles. The second-order valence-corrected chi connectivity index (χ2v) is 11.0. The van der Waals surface area contributed by atoms with Crippen molar-refractivity contribution in [2.45, 2.75) is 69.0 Å². The number of allylic oxidation sites excluding steroid dienone is 3. The number of aliphatic hydroxyl groups is 4. The van der Waals surface area contributed by atoms with E-state index in [4.69, 9.17) is 5.26 Å². The molecule has 2 unspecified atom stereocenters. The third-order valence-electron chi connectivity index (χ3n) is 8.94. The van der Waals surface area contributed by atoms with Crippen LogP contribution in [-0.2, 0) is 0 Å². The number of nitrogens with zero attached hydrogens (tertiary/aromatic N) is 2. The van der Waals surface area contributed by atoms with E-state index in [0.29, 0.717) is 36.8 Å². The topological polar surface area (TPSA) is 108 Å². The first-order valence-electron chi connectivity index (χ1n) is 12.2. The molecule has 4 aliphatic rings. The van der Waals surface area contributed by atoms with Crippen LogP contribution in [0.25, 0.3) is 5.57 Å². The Balaban J connectivity index is 1.52. The lowest BCUT2D eigenvalue weighted by molar-refractivity contribution is -0.0922. The van der Waals surface area contributed by atoms with Crippen molar-refractivity contribution in [1.29, 1.82) is 5.26 Å². The lowest BCUT2D eigenvalue weighted by Gasteiger charge is -2.46. The Morgan fingerprint density at radius 2 is 1.79 bits per heavy atom. The molecule has 1 fully saturated rings. The fourth-order valence-electron chi connectivity index (χ4n) is 7.02. The first-order valence-corrected chi connectivity index (χ1v) is 12.2. The van der Waals surface area contributed by atoms with Crippen LogP contribution in [-0.4, -0.2) is 69.4 Å². The van der Waals surface area contributed by atoms with Gasteiger partial charge in [0.15, 0.2) is 0 Å². The molecule has 1 aromatic rings. The zero-order chi connectivity index (χ0) is 24.4. The van der Waals surface area contributed by atoms with Crippen molar-refractivity contribution in [2.75, 3.05) is 14.1 Å². The van der Waals surface area contributed by atoms with Gasteiger partial charge in [-0.05, 0) is 86.5 Å². The van der Waals surface area contributed by atoms with Gasteiger partial charge in [-0.1, -0.05) is 36.8 Å². The Labute approximate surface area is 201 Å². The van der Waals surface area contributed by atoms with Gasteiger partial charge >= 0.3 is 0 Å². The van der Waals surface area contributed by atoms with Crippen molar-refractivity contribution in [3.05, 3.63) is 64.3 Å². The molecule has 7 atom stereocenters. The van der Waals surface area contributed by atoms with Crippen LogP contribution < -0.4 is 0 Å². The van der Waals surface area contributed by atoms with Crippen LogP contribution in [0.5, 0.6) is 0 Å². The van der Waals surface area contributed by atoms with Crippen LogP contribution in [0, 0.1) is 22.7 Å². The molecular formula is C28H34N2O4. The second-order valence-electron chi connectivity index (χ2n) is 11.0. The molecule has 4 N–H and O–H groups in total. The van der Waals surface area contributed by atoms with Gasteiger partial charge in [0.1, 0.15) is 6.10 Å². The van der Waals surface area contributed by atoms with E-state index in [0.717, 1.165) is 23.1 Å². The van der Waals surface area contributed by atoms with E-state index in [1.807, 2.05) is 43.3 Å². The van der Waals surface area contributed by atoms with E-state index < -0.39 is 23.9 Å². The van der Waals surface area contributed by atoms with E-state index in [1.165, 1.54) is 5.57 Å². The van der Waals surface area contributed by atoms with Crippen molar-refractivity contribution in [3.8, 4) is 6.07 Å². The minimum Gasteiger partial charge on any atom is -0.388 e. The Morgan fingerprint density at radius 1 is 1.09 bits per heavy atom. The Morgan fingerprint density at radius 3 is 2.44 bits per heavy atom. The van der Waals surface area contributed by atoms with E-state index in [1.54, 1.807) is 6.08 Å². The lowest BCUT2D eigenvalue weighted by Crippen LogP contribution is -2.58. The van der Waals surface area contributed by atoms with Crippen LogP contribution in [0.1, 0.15) is 50.2 Å². The maximum atomic E-state index is 11.7. The summed E-state index contributed by atoms with van der Waals surface area (Å²) in [4.78, 5) is 1.86. The summed E-state index contributed by atoms with van der Waals surface area (Å²) in [5, 5.41) is 53.9. The maximum Gasteiger partial charge on any atom is 0.105 e. The fraction of sp³-hybridized carbons (Fsp3) is 0.536. The van der Waals surface area contributed by atoms with Crippen LogP contribution in [0.2, 0.25) is 0 Å². The molecule has 0 amide bonds. The largest absolute Gasteiger partial charge is 0.388 e. The molecule has 1 aromatic carbocycles. The minimum absolute atomic E-state index is 0.198. The molecule has 6 nitrogen and oxygen atoms in total. The summed E-state index contributed by atoms with van der Waals surface area (Å²) >= 11 is 0. The van der Waals surface area contributed by atoms with Gasteiger partial charge in [0.25, 0.3) is 0 Å². The molecule has 4 aliphatic carbocycles. The summed E-state index contributed by atoms with van der Waals surface area (Å²) < 4.78 is 0. The number of hydrogen-bond donors (Lipinski definition) is 4. The average Bonchev–Trinajstić information content (AvgIpc) is 3.05. The smallest absolute Gasteiger partial charge is 0.105 e. The van der Waals surface area contributed by atoms with Gasteiger partial charge in [-0.15, -0.1) is 0 Å². The summed E-state index contributed by atoms with van der Waals surface area (Å²) in [6.07, 6.45) is 4.01. The van der Waals surface area contributed by atoms with E-state index in [2.05, 4.69) is 19.1 Å². The van der Waals surface area contributed by atoms with E-state index >= 15 is 0 Å². The van der Waals surface area contributed by atoms with Gasteiger partial charge in [0.05, 0.1) is 29.4 Å². The van der Waals surface area contributed by atoms with Crippen LogP contribution >= 0.6 is 0 Å². The van der Waals surface area contributed by atoms with Gasteiger partial charge in [-0.3, -0.25) is 0 Å². The monoisotopic (exact) mass is 462 g/mol. The Kier molecular flexibility index (Phi) is 5.63. The van der Waals surface area contributed by atoms with Crippen LogP contribution in [0.3, 0.4) is 0 Å². The van der Waals surface area contributed by atoms with E-state index in [9.17, 15) is 20.4 Å². The summed E-state index contributed by atoms with van der Waals surface area (Å²) in [6.45, 7) is 2.21. The van der Waals surface area contributed by atoms with Gasteiger partial charge in [0, 0.05) is 11.5 Å². The standard InChI is InChI=1S/C28H34N2O4/c1-27-14-24(31)19-12-22-25(32)26(33)23(30(2)3)13-28(22,34)11-10-18(19)21(27)9-8-20(27)17-6-4-16(15-29)5-7-17/h4-8,12,21,23-26,31-34H,9-11,13-14H2,1-3H3/t21?,23-,24?,25+,26+,27+,28+/m0/s1. The number of rotatable bonds is 2. The molecule has 0 radical (unpaired) electrons. The molecular weight excluding hydrogens is 428 g/mol. The minimum atomic E-state index is -1.22.